The van der Waals surface area contributed by atoms with Crippen LogP contribution in [0.15, 0.2) is 24.5 Å². The summed E-state index contributed by atoms with van der Waals surface area (Å²) in [5.41, 5.74) is 0. The summed E-state index contributed by atoms with van der Waals surface area (Å²) in [6.45, 7) is 7.66. The van der Waals surface area contributed by atoms with Crippen LogP contribution in [0.2, 0.25) is 0 Å². The number of methoxy groups -OCH3 is 1. The van der Waals surface area contributed by atoms with Crippen LogP contribution in [-0.2, 0) is 14.3 Å². The largest absolute Gasteiger partial charge is 0.499 e. The summed E-state index contributed by atoms with van der Waals surface area (Å²) in [6, 6.07) is 0.127. The third-order valence-electron chi connectivity index (χ3n) is 4.52. The van der Waals surface area contributed by atoms with Crippen molar-refractivity contribution in [3.05, 3.63) is 24.5 Å². The third-order valence-corrected chi connectivity index (χ3v) is 4.52. The Kier molecular flexibility index (Phi) is 11.2. The highest BCUT2D eigenvalue weighted by Gasteiger charge is 2.28. The summed E-state index contributed by atoms with van der Waals surface area (Å²) < 4.78 is 10.4. The highest BCUT2D eigenvalue weighted by atomic mass is 16.5. The predicted octanol–water partition coefficient (Wildman–Crippen LogP) is 3.43. The van der Waals surface area contributed by atoms with E-state index in [0.717, 1.165) is 51.5 Å². The van der Waals surface area contributed by atoms with E-state index < -0.39 is 6.10 Å². The normalized spacial score (nSPS) is 18.9. The molecule has 1 fully saturated rings. The van der Waals surface area contributed by atoms with Gasteiger partial charge in [0.15, 0.2) is 0 Å². The molecule has 0 aromatic rings. The Morgan fingerprint density at radius 2 is 2.20 bits per heavy atom. The monoisotopic (exact) mass is 353 g/mol. The van der Waals surface area contributed by atoms with Gasteiger partial charge in [-0.15, -0.1) is 0 Å². The average molecular weight is 354 g/mol. The lowest BCUT2D eigenvalue weighted by atomic mass is 10.1. The topological polar surface area (TPSA) is 59.0 Å². The second kappa shape index (κ2) is 13.0. The molecule has 1 rings (SSSR count). The first-order chi connectivity index (χ1) is 12.1. The van der Waals surface area contributed by atoms with Crippen molar-refractivity contribution in [1.82, 2.24) is 4.90 Å². The number of ether oxygens (including phenoxy) is 2. The summed E-state index contributed by atoms with van der Waals surface area (Å²) in [5, 5.41) is 10.0. The molecular weight excluding hydrogens is 318 g/mol. The molecule has 1 saturated heterocycles. The van der Waals surface area contributed by atoms with Crippen molar-refractivity contribution in [1.29, 1.82) is 0 Å². The number of hydrogen-bond donors (Lipinski definition) is 1. The number of amides is 1. The number of unbranched alkanes of at least 4 members (excludes halogenated alkanes) is 3. The molecule has 0 unspecified atom stereocenters. The molecule has 5 heteroatoms. The second-order valence-corrected chi connectivity index (χ2v) is 6.64. The van der Waals surface area contributed by atoms with E-state index >= 15 is 0 Å². The van der Waals surface area contributed by atoms with Crippen LogP contribution in [0.3, 0.4) is 0 Å². The quantitative estimate of drug-likeness (QED) is 0.295. The van der Waals surface area contributed by atoms with Gasteiger partial charge in [0.25, 0.3) is 0 Å². The molecule has 0 bridgehead atoms. The van der Waals surface area contributed by atoms with Gasteiger partial charge in [-0.25, -0.2) is 0 Å². The van der Waals surface area contributed by atoms with Gasteiger partial charge in [-0.2, -0.15) is 0 Å². The maximum absolute atomic E-state index is 12.1. The molecule has 1 amide bonds. The standard InChI is InChI=1S/C20H35NO4/c1-4-5-6-9-19(22)12-10-18-11-13-20(23)21(18)14-7-8-15-25-16-17(2)24-3/h10,12,18-19,22H,2,4-9,11,13-16H2,1,3H3/b12-10+/t18-,19-/m0/s1. The lowest BCUT2D eigenvalue weighted by Crippen LogP contribution is -2.33. The van der Waals surface area contributed by atoms with Gasteiger partial charge in [0.05, 0.1) is 19.3 Å². The van der Waals surface area contributed by atoms with E-state index in [9.17, 15) is 9.90 Å². The molecule has 0 spiro atoms. The van der Waals surface area contributed by atoms with Crippen molar-refractivity contribution in [2.75, 3.05) is 26.9 Å². The number of aliphatic hydroxyl groups excluding tert-OH is 1. The average Bonchev–Trinajstić information content (AvgIpc) is 2.96. The fourth-order valence-corrected chi connectivity index (χ4v) is 2.93. The van der Waals surface area contributed by atoms with Gasteiger partial charge >= 0.3 is 0 Å². The van der Waals surface area contributed by atoms with E-state index in [-0.39, 0.29) is 11.9 Å². The van der Waals surface area contributed by atoms with Crippen LogP contribution in [0.5, 0.6) is 0 Å². The van der Waals surface area contributed by atoms with E-state index in [0.29, 0.717) is 25.4 Å². The minimum Gasteiger partial charge on any atom is -0.499 e. The first-order valence-electron chi connectivity index (χ1n) is 9.53. The number of hydrogen-bond acceptors (Lipinski definition) is 4. The minimum atomic E-state index is -0.397. The van der Waals surface area contributed by atoms with Crippen LogP contribution in [0.1, 0.15) is 58.3 Å². The maximum Gasteiger partial charge on any atom is 0.223 e. The van der Waals surface area contributed by atoms with E-state index in [2.05, 4.69) is 13.5 Å². The molecule has 0 saturated carbocycles. The Bertz CT molecular complexity index is 422. The van der Waals surface area contributed by atoms with Gasteiger partial charge in [-0.3, -0.25) is 4.79 Å². The zero-order valence-electron chi connectivity index (χ0n) is 15.9. The lowest BCUT2D eigenvalue weighted by molar-refractivity contribution is -0.128. The number of carbonyl (C=O) groups excluding carboxylic acids is 1. The molecular formula is C20H35NO4. The summed E-state index contributed by atoms with van der Waals surface area (Å²) in [6.07, 6.45) is 10.9. The molecule has 25 heavy (non-hydrogen) atoms. The van der Waals surface area contributed by atoms with E-state index in [1.807, 2.05) is 17.1 Å². The minimum absolute atomic E-state index is 0.127. The highest BCUT2D eigenvalue weighted by Crippen LogP contribution is 2.21. The molecule has 1 heterocycles. The van der Waals surface area contributed by atoms with Gasteiger partial charge in [-0.05, 0) is 25.7 Å². The zero-order chi connectivity index (χ0) is 18.5. The van der Waals surface area contributed by atoms with E-state index in [1.165, 1.54) is 0 Å². The summed E-state index contributed by atoms with van der Waals surface area (Å²) in [4.78, 5) is 14.0. The van der Waals surface area contributed by atoms with Gasteiger partial charge in [0.1, 0.15) is 12.4 Å². The first-order valence-corrected chi connectivity index (χ1v) is 9.53. The van der Waals surface area contributed by atoms with Crippen molar-refractivity contribution in [2.24, 2.45) is 0 Å². The fourth-order valence-electron chi connectivity index (χ4n) is 2.93. The molecule has 0 aromatic carbocycles. The predicted molar refractivity (Wildman–Crippen MR) is 100 cm³/mol. The van der Waals surface area contributed by atoms with Crippen LogP contribution < -0.4 is 0 Å². The first kappa shape index (κ1) is 21.7. The Morgan fingerprint density at radius 1 is 1.40 bits per heavy atom. The number of aliphatic hydroxyl groups is 1. The molecule has 0 radical (unpaired) electrons. The molecule has 2 atom stereocenters. The number of rotatable bonds is 14. The SMILES string of the molecule is C=C(COCCCCN1C(=O)CC[C@@H]1/C=C/[C@@H](O)CCCCC)OC. The molecule has 1 aliphatic heterocycles. The van der Waals surface area contributed by atoms with Crippen molar-refractivity contribution in [3.63, 3.8) is 0 Å². The maximum atomic E-state index is 12.1. The molecule has 144 valence electrons. The molecule has 1 aliphatic rings. The van der Waals surface area contributed by atoms with Gasteiger partial charge in [0, 0.05) is 19.6 Å². The molecule has 1 N–H and O–H groups in total. The second-order valence-electron chi connectivity index (χ2n) is 6.64. The number of nitrogens with zero attached hydrogens (tertiary/aromatic N) is 1. The molecule has 0 aromatic heterocycles. The molecule has 5 nitrogen and oxygen atoms in total. The van der Waals surface area contributed by atoms with Gasteiger partial charge < -0.3 is 19.5 Å². The third kappa shape index (κ3) is 9.07. The van der Waals surface area contributed by atoms with Crippen LogP contribution in [-0.4, -0.2) is 54.9 Å². The van der Waals surface area contributed by atoms with Crippen LogP contribution in [0, 0.1) is 0 Å². The summed E-state index contributed by atoms with van der Waals surface area (Å²) in [7, 11) is 1.58. The molecule has 0 aliphatic carbocycles. The van der Waals surface area contributed by atoms with Gasteiger partial charge in [-0.1, -0.05) is 44.9 Å². The van der Waals surface area contributed by atoms with E-state index in [4.69, 9.17) is 9.47 Å². The van der Waals surface area contributed by atoms with Crippen molar-refractivity contribution < 1.29 is 19.4 Å². The number of carbonyl (C=O) groups is 1. The van der Waals surface area contributed by atoms with Crippen molar-refractivity contribution in [3.8, 4) is 0 Å². The van der Waals surface area contributed by atoms with Crippen molar-refractivity contribution >= 4 is 5.91 Å². The van der Waals surface area contributed by atoms with Gasteiger partial charge in [0.2, 0.25) is 5.91 Å². The Morgan fingerprint density at radius 3 is 2.92 bits per heavy atom. The van der Waals surface area contributed by atoms with E-state index in [1.54, 1.807) is 7.11 Å². The van der Waals surface area contributed by atoms with Crippen LogP contribution in [0.25, 0.3) is 0 Å². The van der Waals surface area contributed by atoms with Crippen molar-refractivity contribution in [2.45, 2.75) is 70.4 Å². The Labute approximate surface area is 152 Å². The lowest BCUT2D eigenvalue weighted by Gasteiger charge is -2.22. The highest BCUT2D eigenvalue weighted by molar-refractivity contribution is 5.79. The Balaban J connectivity index is 2.26. The van der Waals surface area contributed by atoms with Crippen LogP contribution in [0.4, 0.5) is 0 Å². The fraction of sp³-hybridized carbons (Fsp3) is 0.750. The van der Waals surface area contributed by atoms with Crippen LogP contribution >= 0.6 is 0 Å². The zero-order valence-corrected chi connectivity index (χ0v) is 15.9. The number of likely N-dealkylation sites (tertiary alicyclic amines) is 1. The summed E-state index contributed by atoms with van der Waals surface area (Å²) in [5.74, 6) is 0.834. The Hall–Kier alpha value is -1.33. The summed E-state index contributed by atoms with van der Waals surface area (Å²) >= 11 is 0. The smallest absolute Gasteiger partial charge is 0.223 e.